The minimum Gasteiger partial charge on any atom is -0.545 e. The lowest BCUT2D eigenvalue weighted by Crippen LogP contribution is -2.55. The number of benzene rings is 2. The number of likely N-dealkylation sites (tertiary alicyclic amines) is 1. The molecule has 0 saturated carbocycles. The molecule has 0 radical (unpaired) electrons. The van der Waals surface area contributed by atoms with Crippen LogP contribution in [0.15, 0.2) is 54.6 Å². The van der Waals surface area contributed by atoms with Gasteiger partial charge >= 0.3 is 6.18 Å². The number of rotatable bonds is 4. The van der Waals surface area contributed by atoms with Gasteiger partial charge in [0.25, 0.3) is 5.91 Å². The van der Waals surface area contributed by atoms with Crippen molar-refractivity contribution in [2.75, 3.05) is 19.6 Å². The highest BCUT2D eigenvalue weighted by molar-refractivity contribution is 5.98. The van der Waals surface area contributed by atoms with E-state index in [1.165, 1.54) is 29.2 Å². The number of halogens is 3. The third-order valence-corrected chi connectivity index (χ3v) is 5.81. The molecule has 0 aliphatic carbocycles. The number of aromatic carboxylic acids is 1. The minimum absolute atomic E-state index is 0.00726. The number of piperidine rings is 1. The second-order valence-electron chi connectivity index (χ2n) is 8.31. The zero-order valence-electron chi connectivity index (χ0n) is 18.0. The van der Waals surface area contributed by atoms with E-state index in [1.54, 1.807) is 6.07 Å². The predicted octanol–water partition coefficient (Wildman–Crippen LogP) is 2.71. The van der Waals surface area contributed by atoms with E-state index in [1.807, 2.05) is 24.3 Å². The Bertz CT molecular complexity index is 1230. The van der Waals surface area contributed by atoms with Gasteiger partial charge in [-0.2, -0.15) is 13.2 Å². The highest BCUT2D eigenvalue weighted by Crippen LogP contribution is 2.26. The van der Waals surface area contributed by atoms with E-state index in [-0.39, 0.29) is 31.5 Å². The standard InChI is InChI=1S/C25H22F3N3O3/c26-25(27,28)16-31-13-11-24(12-14-31,10-9-17-5-7-18(8-6-17)23(33)34)30-22(32)21-15-19-3-1-2-4-20(19)29-21/h1-8,15,29H,11-14,16H2,(H,30,32)(H,33,34)/p-1. The molecule has 2 heterocycles. The molecule has 1 fully saturated rings. The summed E-state index contributed by atoms with van der Waals surface area (Å²) in [6.07, 6.45) is -3.89. The largest absolute Gasteiger partial charge is 0.545 e. The quantitative estimate of drug-likeness (QED) is 0.577. The fourth-order valence-electron chi connectivity index (χ4n) is 3.99. The van der Waals surface area contributed by atoms with Gasteiger partial charge in [0, 0.05) is 29.6 Å². The SMILES string of the molecule is O=C([O-])c1ccc(C#CC2(NC(=O)c3cc4ccccc4[nH]3)CCN(CC(F)(F)F)CC2)cc1. The number of alkyl halides is 3. The van der Waals surface area contributed by atoms with Crippen LogP contribution in [-0.2, 0) is 0 Å². The molecule has 0 atom stereocenters. The van der Waals surface area contributed by atoms with Gasteiger partial charge in [-0.3, -0.25) is 9.69 Å². The molecule has 1 saturated heterocycles. The fourth-order valence-corrected chi connectivity index (χ4v) is 3.99. The fraction of sp³-hybridized carbons (Fsp3) is 0.280. The van der Waals surface area contributed by atoms with E-state index >= 15 is 0 Å². The lowest BCUT2D eigenvalue weighted by Gasteiger charge is -2.39. The van der Waals surface area contributed by atoms with Gasteiger partial charge in [0.05, 0.1) is 12.5 Å². The van der Waals surface area contributed by atoms with Crippen LogP contribution in [-0.4, -0.2) is 53.1 Å². The van der Waals surface area contributed by atoms with Crippen molar-refractivity contribution in [2.24, 2.45) is 0 Å². The van der Waals surface area contributed by atoms with E-state index in [4.69, 9.17) is 0 Å². The summed E-state index contributed by atoms with van der Waals surface area (Å²) in [5, 5.41) is 14.7. The molecular formula is C25H21F3N3O3-. The summed E-state index contributed by atoms with van der Waals surface area (Å²) in [6.45, 7) is -0.785. The number of carbonyl (C=O) groups excluding carboxylic acids is 2. The second kappa shape index (κ2) is 9.23. The number of para-hydroxylation sites is 1. The van der Waals surface area contributed by atoms with Crippen LogP contribution in [0.4, 0.5) is 13.2 Å². The van der Waals surface area contributed by atoms with Gasteiger partial charge in [-0.1, -0.05) is 42.2 Å². The van der Waals surface area contributed by atoms with Crippen LogP contribution < -0.4 is 10.4 Å². The van der Waals surface area contributed by atoms with Crippen LogP contribution in [0, 0.1) is 11.8 Å². The molecule has 2 N–H and O–H groups in total. The predicted molar refractivity (Wildman–Crippen MR) is 118 cm³/mol. The molecule has 1 amide bonds. The molecule has 1 aromatic heterocycles. The van der Waals surface area contributed by atoms with Crippen molar-refractivity contribution in [3.63, 3.8) is 0 Å². The van der Waals surface area contributed by atoms with Crippen LogP contribution in [0.1, 0.15) is 39.3 Å². The summed E-state index contributed by atoms with van der Waals surface area (Å²) in [5.41, 5.74) is 0.609. The number of fused-ring (bicyclic) bond motifs is 1. The third kappa shape index (κ3) is 5.58. The summed E-state index contributed by atoms with van der Waals surface area (Å²) >= 11 is 0. The maximum Gasteiger partial charge on any atom is 0.401 e. The average Bonchev–Trinajstić information content (AvgIpc) is 3.23. The molecule has 176 valence electrons. The van der Waals surface area contributed by atoms with Crippen LogP contribution >= 0.6 is 0 Å². The van der Waals surface area contributed by atoms with Crippen molar-refractivity contribution >= 4 is 22.8 Å². The van der Waals surface area contributed by atoms with Gasteiger partial charge < -0.3 is 20.2 Å². The minimum atomic E-state index is -4.31. The third-order valence-electron chi connectivity index (χ3n) is 5.81. The van der Waals surface area contributed by atoms with E-state index < -0.39 is 30.1 Å². The summed E-state index contributed by atoms with van der Waals surface area (Å²) in [7, 11) is 0. The number of hydrogen-bond donors (Lipinski definition) is 2. The number of nitrogens with zero attached hydrogens (tertiary/aromatic N) is 1. The Morgan fingerprint density at radius 3 is 2.38 bits per heavy atom. The Hall–Kier alpha value is -3.77. The first-order chi connectivity index (χ1) is 16.1. The Kier molecular flexibility index (Phi) is 6.35. The van der Waals surface area contributed by atoms with Crippen LogP contribution in [0.3, 0.4) is 0 Å². The first kappa shape index (κ1) is 23.4. The molecule has 4 rings (SSSR count). The molecule has 3 aromatic rings. The number of aromatic amines is 1. The number of nitrogens with one attached hydrogen (secondary N) is 2. The molecule has 0 spiro atoms. The van der Waals surface area contributed by atoms with E-state index in [2.05, 4.69) is 22.1 Å². The van der Waals surface area contributed by atoms with Gasteiger partial charge in [-0.05, 0) is 42.7 Å². The zero-order valence-corrected chi connectivity index (χ0v) is 18.0. The van der Waals surface area contributed by atoms with Gasteiger partial charge in [0.1, 0.15) is 11.2 Å². The van der Waals surface area contributed by atoms with E-state index in [9.17, 15) is 27.9 Å². The number of carboxylic acids is 1. The topological polar surface area (TPSA) is 88.3 Å². The van der Waals surface area contributed by atoms with Crippen molar-refractivity contribution in [1.29, 1.82) is 0 Å². The maximum atomic E-state index is 13.1. The lowest BCUT2D eigenvalue weighted by atomic mass is 9.87. The van der Waals surface area contributed by atoms with Gasteiger partial charge in [0.15, 0.2) is 0 Å². The molecular weight excluding hydrogens is 447 g/mol. The van der Waals surface area contributed by atoms with Crippen molar-refractivity contribution in [2.45, 2.75) is 24.6 Å². The highest BCUT2D eigenvalue weighted by Gasteiger charge is 2.39. The Morgan fingerprint density at radius 1 is 1.09 bits per heavy atom. The van der Waals surface area contributed by atoms with Crippen LogP contribution in [0.2, 0.25) is 0 Å². The summed E-state index contributed by atoms with van der Waals surface area (Å²) < 4.78 is 38.5. The van der Waals surface area contributed by atoms with Crippen LogP contribution in [0.5, 0.6) is 0 Å². The number of carboxylic acid groups (broad SMARTS) is 1. The summed E-state index contributed by atoms with van der Waals surface area (Å²) in [6, 6.07) is 14.9. The van der Waals surface area contributed by atoms with Crippen molar-refractivity contribution in [3.8, 4) is 11.8 Å². The number of hydrogen-bond acceptors (Lipinski definition) is 4. The Balaban J connectivity index is 1.58. The van der Waals surface area contributed by atoms with Crippen molar-refractivity contribution in [3.05, 3.63) is 71.4 Å². The molecule has 2 aromatic carbocycles. The smallest absolute Gasteiger partial charge is 0.401 e. The second-order valence-corrected chi connectivity index (χ2v) is 8.31. The van der Waals surface area contributed by atoms with Gasteiger partial charge in [-0.15, -0.1) is 0 Å². The molecule has 0 bridgehead atoms. The summed E-state index contributed by atoms with van der Waals surface area (Å²) in [5.74, 6) is 4.28. The first-order valence-electron chi connectivity index (χ1n) is 10.7. The monoisotopic (exact) mass is 468 g/mol. The van der Waals surface area contributed by atoms with E-state index in [0.29, 0.717) is 11.3 Å². The highest BCUT2D eigenvalue weighted by atomic mass is 19.4. The zero-order chi connectivity index (χ0) is 24.3. The average molecular weight is 468 g/mol. The van der Waals surface area contributed by atoms with Crippen LogP contribution in [0.25, 0.3) is 10.9 Å². The molecule has 34 heavy (non-hydrogen) atoms. The maximum absolute atomic E-state index is 13.1. The lowest BCUT2D eigenvalue weighted by molar-refractivity contribution is -0.255. The number of H-pyrrole nitrogens is 1. The normalized spacial score (nSPS) is 16.0. The number of carbonyl (C=O) groups is 2. The van der Waals surface area contributed by atoms with E-state index in [0.717, 1.165) is 10.9 Å². The summed E-state index contributed by atoms with van der Waals surface area (Å²) in [4.78, 5) is 28.3. The van der Waals surface area contributed by atoms with Crippen molar-refractivity contribution in [1.82, 2.24) is 15.2 Å². The number of aromatic nitrogens is 1. The molecule has 1 aliphatic heterocycles. The first-order valence-corrected chi connectivity index (χ1v) is 10.7. The number of amides is 1. The van der Waals surface area contributed by atoms with Gasteiger partial charge in [-0.25, -0.2) is 0 Å². The molecule has 0 unspecified atom stereocenters. The molecule has 9 heteroatoms. The Labute approximate surface area is 193 Å². The molecule has 1 aliphatic rings. The van der Waals surface area contributed by atoms with Crippen molar-refractivity contribution < 1.29 is 27.9 Å². The Morgan fingerprint density at radius 2 is 1.76 bits per heavy atom. The van der Waals surface area contributed by atoms with Gasteiger partial charge in [0.2, 0.25) is 0 Å². The molecule has 6 nitrogen and oxygen atoms in total.